The molecule has 0 aliphatic carbocycles. The van der Waals surface area contributed by atoms with E-state index in [0.29, 0.717) is 11.6 Å². The van der Waals surface area contributed by atoms with Crippen LogP contribution in [0, 0.1) is 5.82 Å². The predicted octanol–water partition coefficient (Wildman–Crippen LogP) is 4.53. The van der Waals surface area contributed by atoms with E-state index in [1.807, 2.05) is 0 Å². The van der Waals surface area contributed by atoms with Crippen LogP contribution in [0.1, 0.15) is 16.8 Å². The SMILES string of the molecule is O=C([O-])NC(Cc1ccccc1)(c1cc(F)cc(OC(F)(F)C(F)F)c1)c1ccc(Cl)cn1. The fourth-order valence-corrected chi connectivity index (χ4v) is 3.41. The van der Waals surface area contributed by atoms with Gasteiger partial charge in [-0.25, -0.2) is 4.39 Å². The Balaban J connectivity index is 2.23. The molecule has 5 nitrogen and oxygen atoms in total. The maximum atomic E-state index is 14.4. The van der Waals surface area contributed by atoms with Crippen molar-refractivity contribution in [1.82, 2.24) is 10.3 Å². The summed E-state index contributed by atoms with van der Waals surface area (Å²) in [5.74, 6) is -2.08. The summed E-state index contributed by atoms with van der Waals surface area (Å²) < 4.78 is 70.6. The third-order valence-electron chi connectivity index (χ3n) is 4.66. The zero-order valence-corrected chi connectivity index (χ0v) is 17.3. The Labute approximate surface area is 189 Å². The van der Waals surface area contributed by atoms with Crippen LogP contribution in [0.25, 0.3) is 0 Å². The topological polar surface area (TPSA) is 74.3 Å². The number of halogens is 6. The number of aromatic nitrogens is 1. The highest BCUT2D eigenvalue weighted by molar-refractivity contribution is 6.30. The highest BCUT2D eigenvalue weighted by atomic mass is 35.5. The van der Waals surface area contributed by atoms with Gasteiger partial charge in [-0.05, 0) is 35.4 Å². The number of nitrogens with one attached hydrogen (secondary N) is 1. The quantitative estimate of drug-likeness (QED) is 0.476. The van der Waals surface area contributed by atoms with Crippen molar-refractivity contribution < 1.29 is 36.6 Å². The first-order valence-electron chi connectivity index (χ1n) is 9.33. The van der Waals surface area contributed by atoms with Crippen molar-refractivity contribution in [3.63, 3.8) is 0 Å². The molecule has 2 aromatic carbocycles. The molecule has 3 rings (SSSR count). The van der Waals surface area contributed by atoms with Gasteiger partial charge in [0.25, 0.3) is 0 Å². The van der Waals surface area contributed by atoms with E-state index >= 15 is 0 Å². The number of carbonyl (C=O) groups excluding carboxylic acids is 1. The molecule has 33 heavy (non-hydrogen) atoms. The average Bonchev–Trinajstić information content (AvgIpc) is 2.73. The van der Waals surface area contributed by atoms with Crippen LogP contribution in [-0.2, 0) is 12.0 Å². The van der Waals surface area contributed by atoms with E-state index < -0.39 is 35.7 Å². The summed E-state index contributed by atoms with van der Waals surface area (Å²) in [6.07, 6.45) is -9.85. The van der Waals surface area contributed by atoms with Gasteiger partial charge >= 0.3 is 12.5 Å². The first kappa shape index (κ1) is 24.2. The number of pyridine rings is 1. The van der Waals surface area contributed by atoms with Crippen LogP contribution in [0.2, 0.25) is 5.02 Å². The van der Waals surface area contributed by atoms with Gasteiger partial charge in [0.1, 0.15) is 23.2 Å². The molecular formula is C22H15ClF5N2O3-. The fraction of sp³-hybridized carbons (Fsp3) is 0.182. The first-order chi connectivity index (χ1) is 15.5. The van der Waals surface area contributed by atoms with E-state index in [1.54, 1.807) is 30.3 Å². The monoisotopic (exact) mass is 485 g/mol. The molecule has 0 spiro atoms. The van der Waals surface area contributed by atoms with Crippen molar-refractivity contribution in [3.8, 4) is 5.75 Å². The van der Waals surface area contributed by atoms with E-state index in [1.165, 1.54) is 18.3 Å². The van der Waals surface area contributed by atoms with Crippen LogP contribution >= 0.6 is 11.6 Å². The van der Waals surface area contributed by atoms with Crippen LogP contribution in [0.3, 0.4) is 0 Å². The summed E-state index contributed by atoms with van der Waals surface area (Å²) in [4.78, 5) is 15.8. The molecule has 1 unspecified atom stereocenters. The maximum Gasteiger partial charge on any atom is 0.461 e. The zero-order valence-electron chi connectivity index (χ0n) is 16.6. The Hall–Kier alpha value is -3.40. The summed E-state index contributed by atoms with van der Waals surface area (Å²) >= 11 is 5.88. The fourth-order valence-electron chi connectivity index (χ4n) is 3.30. The second kappa shape index (κ2) is 9.62. The van der Waals surface area contributed by atoms with Gasteiger partial charge in [0.2, 0.25) is 0 Å². The summed E-state index contributed by atoms with van der Waals surface area (Å²) in [6.45, 7) is 0. The van der Waals surface area contributed by atoms with E-state index in [-0.39, 0.29) is 22.7 Å². The molecule has 0 saturated carbocycles. The third kappa shape index (κ3) is 5.70. The highest BCUT2D eigenvalue weighted by Gasteiger charge is 2.44. The number of rotatable bonds is 8. The molecular weight excluding hydrogens is 471 g/mol. The van der Waals surface area contributed by atoms with Crippen LogP contribution in [0.15, 0.2) is 66.9 Å². The molecule has 1 amide bonds. The predicted molar refractivity (Wildman–Crippen MR) is 107 cm³/mol. The number of alkyl halides is 4. The number of hydrogen-bond donors (Lipinski definition) is 1. The Kier molecular flexibility index (Phi) is 7.06. The van der Waals surface area contributed by atoms with Gasteiger partial charge in [-0.3, -0.25) is 4.98 Å². The lowest BCUT2D eigenvalue weighted by molar-refractivity contribution is -0.254. The molecule has 0 saturated heterocycles. The number of benzene rings is 2. The first-order valence-corrected chi connectivity index (χ1v) is 9.71. The molecule has 0 bridgehead atoms. The Morgan fingerprint density at radius 1 is 1.12 bits per heavy atom. The van der Waals surface area contributed by atoms with Crippen LogP contribution in [0.5, 0.6) is 5.75 Å². The minimum Gasteiger partial charge on any atom is -0.530 e. The molecule has 0 radical (unpaired) electrons. The lowest BCUT2D eigenvalue weighted by Gasteiger charge is -2.36. The lowest BCUT2D eigenvalue weighted by atomic mass is 9.80. The van der Waals surface area contributed by atoms with Gasteiger partial charge in [-0.15, -0.1) is 0 Å². The van der Waals surface area contributed by atoms with Gasteiger partial charge in [-0.1, -0.05) is 41.9 Å². The molecule has 1 heterocycles. The standard InChI is InChI=1S/C22H16ClF5N2O3/c23-15-6-7-18(29-12-15)21(30-20(31)32,11-13-4-2-1-3-5-13)14-8-16(24)10-17(9-14)33-22(27,28)19(25)26/h1-10,12,19,30H,11H2,(H,31,32)/p-1. The second-order valence-electron chi connectivity index (χ2n) is 6.98. The van der Waals surface area contributed by atoms with E-state index in [0.717, 1.165) is 12.1 Å². The number of hydrogen-bond acceptors (Lipinski definition) is 4. The van der Waals surface area contributed by atoms with Crippen LogP contribution in [0.4, 0.5) is 26.7 Å². The minimum atomic E-state index is -4.91. The van der Waals surface area contributed by atoms with Crippen LogP contribution < -0.4 is 15.2 Å². The van der Waals surface area contributed by atoms with Crippen molar-refractivity contribution in [3.05, 3.63) is 94.5 Å². The largest absolute Gasteiger partial charge is 0.530 e. The van der Waals surface area contributed by atoms with E-state index in [9.17, 15) is 31.9 Å². The van der Waals surface area contributed by atoms with E-state index in [4.69, 9.17) is 11.6 Å². The molecule has 1 N–H and O–H groups in total. The van der Waals surface area contributed by atoms with Gasteiger partial charge in [-0.2, -0.15) is 17.6 Å². The third-order valence-corrected chi connectivity index (χ3v) is 4.89. The number of ether oxygens (including phenoxy) is 1. The van der Waals surface area contributed by atoms with Gasteiger partial charge in [0.15, 0.2) is 0 Å². The molecule has 1 aromatic heterocycles. The van der Waals surface area contributed by atoms with E-state index in [2.05, 4.69) is 15.0 Å². The highest BCUT2D eigenvalue weighted by Crippen LogP contribution is 2.37. The number of amides is 1. The molecule has 0 aliphatic rings. The molecule has 0 fully saturated rings. The number of nitrogens with zero attached hydrogens (tertiary/aromatic N) is 1. The summed E-state index contributed by atoms with van der Waals surface area (Å²) in [5, 5.41) is 14.1. The number of carboxylic acid groups (broad SMARTS) is 1. The minimum absolute atomic E-state index is 0.0112. The van der Waals surface area contributed by atoms with Gasteiger partial charge in [0.05, 0.1) is 10.7 Å². The average molecular weight is 486 g/mol. The molecule has 11 heteroatoms. The second-order valence-corrected chi connectivity index (χ2v) is 7.42. The maximum absolute atomic E-state index is 14.4. The Morgan fingerprint density at radius 2 is 1.82 bits per heavy atom. The van der Waals surface area contributed by atoms with Crippen LogP contribution in [-0.4, -0.2) is 23.6 Å². The summed E-state index contributed by atoms with van der Waals surface area (Å²) in [6, 6.07) is 13.2. The summed E-state index contributed by atoms with van der Waals surface area (Å²) in [5.41, 5.74) is -1.57. The lowest BCUT2D eigenvalue weighted by Crippen LogP contribution is -2.53. The van der Waals surface area contributed by atoms with Crippen molar-refractivity contribution in [2.45, 2.75) is 24.5 Å². The summed E-state index contributed by atoms with van der Waals surface area (Å²) in [7, 11) is 0. The Morgan fingerprint density at radius 3 is 2.39 bits per heavy atom. The molecule has 0 aliphatic heterocycles. The molecule has 1 atom stereocenters. The zero-order chi connectivity index (χ0) is 24.2. The number of carbonyl (C=O) groups is 1. The van der Waals surface area contributed by atoms with Crippen molar-refractivity contribution in [2.24, 2.45) is 0 Å². The smallest absolute Gasteiger partial charge is 0.461 e. The van der Waals surface area contributed by atoms with Gasteiger partial charge < -0.3 is 20.0 Å². The van der Waals surface area contributed by atoms with Crippen molar-refractivity contribution >= 4 is 17.7 Å². The molecule has 3 aromatic rings. The normalized spacial score (nSPS) is 13.4. The van der Waals surface area contributed by atoms with Crippen molar-refractivity contribution in [1.29, 1.82) is 0 Å². The Bertz CT molecular complexity index is 1120. The van der Waals surface area contributed by atoms with Gasteiger partial charge in [0, 0.05) is 18.7 Å². The molecule has 174 valence electrons. The van der Waals surface area contributed by atoms with Crippen molar-refractivity contribution in [2.75, 3.05) is 0 Å².